The van der Waals surface area contributed by atoms with Gasteiger partial charge >= 0.3 is 0 Å². The summed E-state index contributed by atoms with van der Waals surface area (Å²) < 4.78 is 32.1. The van der Waals surface area contributed by atoms with Crippen LogP contribution in [0.4, 0.5) is 8.78 Å². The monoisotopic (exact) mass is 324 g/mol. The maximum atomic E-state index is 13.1. The molecule has 1 aliphatic carbocycles. The number of aryl methyl sites for hydroxylation is 1. The van der Waals surface area contributed by atoms with E-state index in [2.05, 4.69) is 10.6 Å². The van der Waals surface area contributed by atoms with Crippen molar-refractivity contribution in [3.05, 3.63) is 29.3 Å². The predicted molar refractivity (Wildman–Crippen MR) is 82.6 cm³/mol. The maximum absolute atomic E-state index is 13.1. The molecule has 1 atom stereocenters. The van der Waals surface area contributed by atoms with Gasteiger partial charge in [-0.2, -0.15) is 0 Å². The van der Waals surface area contributed by atoms with Crippen LogP contribution >= 0.6 is 0 Å². The molecular weight excluding hydrogens is 302 g/mol. The summed E-state index contributed by atoms with van der Waals surface area (Å²) in [5, 5.41) is 5.29. The number of carbonyl (C=O) groups is 1. The second-order valence-electron chi connectivity index (χ2n) is 6.58. The van der Waals surface area contributed by atoms with Crippen molar-refractivity contribution < 1.29 is 18.3 Å². The lowest BCUT2D eigenvalue weighted by Gasteiger charge is -2.15. The van der Waals surface area contributed by atoms with E-state index in [-0.39, 0.29) is 6.54 Å². The van der Waals surface area contributed by atoms with E-state index in [1.165, 1.54) is 12.8 Å². The van der Waals surface area contributed by atoms with E-state index in [9.17, 15) is 13.6 Å². The van der Waals surface area contributed by atoms with Crippen LogP contribution in [0.1, 0.15) is 30.4 Å². The Morgan fingerprint density at radius 1 is 1.43 bits per heavy atom. The van der Waals surface area contributed by atoms with Crippen molar-refractivity contribution in [2.75, 3.05) is 13.2 Å². The molecule has 6 heteroatoms. The zero-order chi connectivity index (χ0) is 16.4. The van der Waals surface area contributed by atoms with Gasteiger partial charge in [0.15, 0.2) is 0 Å². The van der Waals surface area contributed by atoms with Crippen LogP contribution in [-0.2, 0) is 11.3 Å². The molecule has 3 rings (SSSR count). The SMILES string of the molecule is Cc1ccc(CNC(=O)C2CC(F)(F)CN2)c(OCC2CC2)c1. The van der Waals surface area contributed by atoms with Gasteiger partial charge in [-0.25, -0.2) is 8.78 Å². The van der Waals surface area contributed by atoms with Crippen molar-refractivity contribution in [2.45, 2.75) is 44.7 Å². The molecule has 1 unspecified atom stereocenters. The molecule has 2 fully saturated rings. The zero-order valence-electron chi connectivity index (χ0n) is 13.2. The van der Waals surface area contributed by atoms with Gasteiger partial charge in [0.1, 0.15) is 5.75 Å². The minimum atomic E-state index is -2.80. The Kier molecular flexibility index (Phi) is 4.53. The highest BCUT2D eigenvalue weighted by Crippen LogP contribution is 2.31. The number of rotatable bonds is 6. The largest absolute Gasteiger partial charge is 0.493 e. The van der Waals surface area contributed by atoms with Crippen molar-refractivity contribution in [1.82, 2.24) is 10.6 Å². The molecule has 1 amide bonds. The summed E-state index contributed by atoms with van der Waals surface area (Å²) in [6.45, 7) is 2.52. The molecular formula is C17H22F2N2O2. The van der Waals surface area contributed by atoms with E-state index >= 15 is 0 Å². The molecule has 2 aliphatic rings. The molecule has 1 aromatic rings. The first kappa shape index (κ1) is 16.2. The van der Waals surface area contributed by atoms with E-state index < -0.39 is 30.8 Å². The fourth-order valence-electron chi connectivity index (χ4n) is 2.64. The number of hydrogen-bond acceptors (Lipinski definition) is 3. The number of alkyl halides is 2. The van der Waals surface area contributed by atoms with Crippen LogP contribution in [0.15, 0.2) is 18.2 Å². The third kappa shape index (κ3) is 4.41. The molecule has 23 heavy (non-hydrogen) atoms. The smallest absolute Gasteiger partial charge is 0.262 e. The van der Waals surface area contributed by atoms with Gasteiger partial charge in [0.05, 0.1) is 19.2 Å². The van der Waals surface area contributed by atoms with Crippen molar-refractivity contribution in [1.29, 1.82) is 0 Å². The number of halogens is 2. The summed E-state index contributed by atoms with van der Waals surface area (Å²) in [6.07, 6.45) is 1.97. The number of ether oxygens (including phenoxy) is 1. The molecule has 0 bridgehead atoms. The van der Waals surface area contributed by atoms with Gasteiger partial charge in [-0.15, -0.1) is 0 Å². The predicted octanol–water partition coefficient (Wildman–Crippen LogP) is 2.40. The molecule has 0 spiro atoms. The van der Waals surface area contributed by atoms with Crippen LogP contribution in [-0.4, -0.2) is 31.0 Å². The first-order chi connectivity index (χ1) is 10.9. The molecule has 4 nitrogen and oxygen atoms in total. The van der Waals surface area contributed by atoms with E-state index in [1.54, 1.807) is 0 Å². The van der Waals surface area contributed by atoms with Crippen LogP contribution in [0.3, 0.4) is 0 Å². The lowest BCUT2D eigenvalue weighted by atomic mass is 10.1. The normalized spacial score (nSPS) is 22.8. The molecule has 0 aromatic heterocycles. The summed E-state index contributed by atoms with van der Waals surface area (Å²) in [6, 6.07) is 4.99. The van der Waals surface area contributed by atoms with Crippen molar-refractivity contribution >= 4 is 5.91 Å². The highest BCUT2D eigenvalue weighted by molar-refractivity contribution is 5.82. The Bertz CT molecular complexity index is 588. The van der Waals surface area contributed by atoms with E-state index in [1.807, 2.05) is 25.1 Å². The number of hydrogen-bond donors (Lipinski definition) is 2. The third-order valence-electron chi connectivity index (χ3n) is 4.27. The molecule has 1 heterocycles. The lowest BCUT2D eigenvalue weighted by molar-refractivity contribution is -0.123. The fourth-order valence-corrected chi connectivity index (χ4v) is 2.64. The van der Waals surface area contributed by atoms with Crippen molar-refractivity contribution in [3.8, 4) is 5.75 Å². The van der Waals surface area contributed by atoms with Gasteiger partial charge in [-0.05, 0) is 37.3 Å². The standard InChI is InChI=1S/C17H22F2N2O2/c1-11-2-5-13(15(6-11)23-9-12-3-4-12)8-20-16(22)14-7-17(18,19)10-21-14/h2,5-6,12,14,21H,3-4,7-10H2,1H3,(H,20,22). The Hall–Kier alpha value is -1.69. The fraction of sp³-hybridized carbons (Fsp3) is 0.588. The molecule has 1 aliphatic heterocycles. The molecule has 2 N–H and O–H groups in total. The number of amides is 1. The second kappa shape index (κ2) is 6.43. The van der Waals surface area contributed by atoms with Gasteiger partial charge in [-0.3, -0.25) is 10.1 Å². The molecule has 126 valence electrons. The van der Waals surface area contributed by atoms with Crippen molar-refractivity contribution in [2.24, 2.45) is 5.92 Å². The van der Waals surface area contributed by atoms with Gasteiger partial charge < -0.3 is 10.1 Å². The van der Waals surface area contributed by atoms with Crippen LogP contribution in [0.25, 0.3) is 0 Å². The van der Waals surface area contributed by atoms with E-state index in [4.69, 9.17) is 4.74 Å². The topological polar surface area (TPSA) is 50.4 Å². The number of benzene rings is 1. The average molecular weight is 324 g/mol. The number of nitrogens with one attached hydrogen (secondary N) is 2. The summed E-state index contributed by atoms with van der Waals surface area (Å²) in [5.41, 5.74) is 1.96. The van der Waals surface area contributed by atoms with Crippen LogP contribution in [0.2, 0.25) is 0 Å². The van der Waals surface area contributed by atoms with Crippen LogP contribution < -0.4 is 15.4 Å². The maximum Gasteiger partial charge on any atom is 0.262 e. The van der Waals surface area contributed by atoms with E-state index in [0.29, 0.717) is 12.5 Å². The zero-order valence-corrected chi connectivity index (χ0v) is 13.2. The second-order valence-corrected chi connectivity index (χ2v) is 6.58. The van der Waals surface area contributed by atoms with Crippen molar-refractivity contribution in [3.63, 3.8) is 0 Å². The molecule has 1 aromatic carbocycles. The molecule has 1 saturated carbocycles. The minimum absolute atomic E-state index is 0.281. The molecule has 1 saturated heterocycles. The first-order valence-electron chi connectivity index (χ1n) is 8.04. The average Bonchev–Trinajstić information content (AvgIpc) is 3.26. The summed E-state index contributed by atoms with van der Waals surface area (Å²) >= 11 is 0. The Morgan fingerprint density at radius 3 is 2.87 bits per heavy atom. The highest BCUT2D eigenvalue weighted by Gasteiger charge is 2.42. The highest BCUT2D eigenvalue weighted by atomic mass is 19.3. The quantitative estimate of drug-likeness (QED) is 0.845. The number of carbonyl (C=O) groups excluding carboxylic acids is 1. The summed E-state index contributed by atoms with van der Waals surface area (Å²) in [7, 11) is 0. The van der Waals surface area contributed by atoms with Gasteiger partial charge in [0.25, 0.3) is 5.92 Å². The summed E-state index contributed by atoms with van der Waals surface area (Å²) in [4.78, 5) is 12.0. The Labute approximate surface area is 134 Å². The Balaban J connectivity index is 1.57. The van der Waals surface area contributed by atoms with Crippen LogP contribution in [0, 0.1) is 12.8 Å². The minimum Gasteiger partial charge on any atom is -0.493 e. The van der Waals surface area contributed by atoms with Gasteiger partial charge in [0, 0.05) is 18.5 Å². The van der Waals surface area contributed by atoms with Crippen LogP contribution in [0.5, 0.6) is 5.75 Å². The first-order valence-corrected chi connectivity index (χ1v) is 8.04. The van der Waals surface area contributed by atoms with Gasteiger partial charge in [0.2, 0.25) is 5.91 Å². The van der Waals surface area contributed by atoms with Gasteiger partial charge in [-0.1, -0.05) is 12.1 Å². The lowest BCUT2D eigenvalue weighted by Crippen LogP contribution is -2.40. The molecule has 0 radical (unpaired) electrons. The summed E-state index contributed by atoms with van der Waals surface area (Å²) in [5.74, 6) is -1.79. The Morgan fingerprint density at radius 2 is 2.22 bits per heavy atom. The third-order valence-corrected chi connectivity index (χ3v) is 4.27. The van der Waals surface area contributed by atoms with E-state index in [0.717, 1.165) is 16.9 Å².